The molecule has 0 bridgehead atoms. The first-order valence-electron chi connectivity index (χ1n) is 9.44. The van der Waals surface area contributed by atoms with E-state index in [0.29, 0.717) is 12.1 Å². The largest absolute Gasteiger partial charge is 0.494 e. The van der Waals surface area contributed by atoms with E-state index in [-0.39, 0.29) is 18.1 Å². The topological polar surface area (TPSA) is 54.5 Å². The lowest BCUT2D eigenvalue weighted by atomic mass is 10.1. The number of ether oxygens (including phenoxy) is 1. The standard InChI is InChI=1S/C21H26FN3O2/c1-27-19-8-6-16(12-18(19)22)13-21(26)24-15-17-7-9-20(23-14-17)25-10-4-2-3-5-11-25/h6-9,12,14H,2-5,10-11,13,15H2,1H3,(H,24,26). The Kier molecular flexibility index (Phi) is 6.63. The van der Waals surface area contributed by atoms with E-state index < -0.39 is 5.82 Å². The first kappa shape index (κ1) is 19.1. The molecule has 1 fully saturated rings. The van der Waals surface area contributed by atoms with Gasteiger partial charge in [-0.15, -0.1) is 0 Å². The summed E-state index contributed by atoms with van der Waals surface area (Å²) in [5, 5.41) is 2.86. The molecule has 0 radical (unpaired) electrons. The molecular formula is C21H26FN3O2. The van der Waals surface area contributed by atoms with Gasteiger partial charge in [-0.05, 0) is 42.2 Å². The van der Waals surface area contributed by atoms with E-state index in [1.54, 1.807) is 6.07 Å². The minimum atomic E-state index is -0.462. The third-order valence-corrected chi connectivity index (χ3v) is 4.81. The van der Waals surface area contributed by atoms with Gasteiger partial charge in [0.1, 0.15) is 5.82 Å². The number of methoxy groups -OCH3 is 1. The second-order valence-corrected chi connectivity index (χ2v) is 6.85. The van der Waals surface area contributed by atoms with E-state index >= 15 is 0 Å². The average Bonchev–Trinajstić information content (AvgIpc) is 2.96. The summed E-state index contributed by atoms with van der Waals surface area (Å²) < 4.78 is 18.6. The first-order valence-corrected chi connectivity index (χ1v) is 9.44. The number of rotatable bonds is 6. The first-order chi connectivity index (χ1) is 13.2. The number of anilines is 1. The summed E-state index contributed by atoms with van der Waals surface area (Å²) in [5.74, 6) is 0.558. The lowest BCUT2D eigenvalue weighted by Crippen LogP contribution is -2.26. The number of amides is 1. The van der Waals surface area contributed by atoms with Crippen LogP contribution in [0, 0.1) is 5.82 Å². The number of nitrogens with one attached hydrogen (secondary N) is 1. The number of aromatic nitrogens is 1. The fourth-order valence-electron chi connectivity index (χ4n) is 3.28. The van der Waals surface area contributed by atoms with Crippen LogP contribution in [0.4, 0.5) is 10.2 Å². The molecule has 6 heteroatoms. The second kappa shape index (κ2) is 9.35. The number of benzene rings is 1. The number of pyridine rings is 1. The molecule has 1 amide bonds. The highest BCUT2D eigenvalue weighted by molar-refractivity contribution is 5.78. The molecule has 1 aromatic heterocycles. The normalized spacial score (nSPS) is 14.5. The molecule has 2 aromatic rings. The fourth-order valence-corrected chi connectivity index (χ4v) is 3.28. The van der Waals surface area contributed by atoms with E-state index in [2.05, 4.69) is 15.2 Å². The highest BCUT2D eigenvalue weighted by atomic mass is 19.1. The molecule has 0 aliphatic carbocycles. The summed E-state index contributed by atoms with van der Waals surface area (Å²) in [5.41, 5.74) is 1.56. The van der Waals surface area contributed by atoms with Crippen molar-refractivity contribution in [3.8, 4) is 5.75 Å². The number of hydrogen-bond donors (Lipinski definition) is 1. The molecule has 1 N–H and O–H groups in total. The van der Waals surface area contributed by atoms with Crippen molar-refractivity contribution < 1.29 is 13.9 Å². The molecule has 0 spiro atoms. The Labute approximate surface area is 159 Å². The molecule has 3 rings (SSSR count). The maximum absolute atomic E-state index is 13.7. The van der Waals surface area contributed by atoms with Crippen molar-refractivity contribution in [1.29, 1.82) is 0 Å². The van der Waals surface area contributed by atoms with Crippen molar-refractivity contribution in [2.75, 3.05) is 25.1 Å². The highest BCUT2D eigenvalue weighted by Gasteiger charge is 2.11. The SMILES string of the molecule is COc1ccc(CC(=O)NCc2ccc(N3CCCCCC3)nc2)cc1F. The van der Waals surface area contributed by atoms with Gasteiger partial charge < -0.3 is 15.0 Å². The Morgan fingerprint density at radius 2 is 1.89 bits per heavy atom. The Hall–Kier alpha value is -2.63. The fraction of sp³-hybridized carbons (Fsp3) is 0.429. The zero-order chi connectivity index (χ0) is 19.1. The molecule has 0 unspecified atom stereocenters. The summed E-state index contributed by atoms with van der Waals surface area (Å²) in [6, 6.07) is 8.57. The summed E-state index contributed by atoms with van der Waals surface area (Å²) in [6.07, 6.45) is 6.95. The predicted molar refractivity (Wildman–Crippen MR) is 103 cm³/mol. The molecule has 5 nitrogen and oxygen atoms in total. The Morgan fingerprint density at radius 1 is 1.15 bits per heavy atom. The lowest BCUT2D eigenvalue weighted by molar-refractivity contribution is -0.120. The lowest BCUT2D eigenvalue weighted by Gasteiger charge is -2.21. The van der Waals surface area contributed by atoms with Crippen LogP contribution in [0.15, 0.2) is 36.5 Å². The summed E-state index contributed by atoms with van der Waals surface area (Å²) in [6.45, 7) is 2.52. The maximum Gasteiger partial charge on any atom is 0.224 e. The van der Waals surface area contributed by atoms with Crippen molar-refractivity contribution in [3.63, 3.8) is 0 Å². The van der Waals surface area contributed by atoms with Gasteiger partial charge in [-0.1, -0.05) is 25.0 Å². The summed E-state index contributed by atoms with van der Waals surface area (Å²) in [4.78, 5) is 19.0. The second-order valence-electron chi connectivity index (χ2n) is 6.85. The summed E-state index contributed by atoms with van der Waals surface area (Å²) >= 11 is 0. The third kappa shape index (κ3) is 5.42. The Morgan fingerprint density at radius 3 is 2.52 bits per heavy atom. The molecule has 0 atom stereocenters. The van der Waals surface area contributed by atoms with Crippen molar-refractivity contribution in [3.05, 3.63) is 53.5 Å². The molecule has 1 saturated heterocycles. The quantitative estimate of drug-likeness (QED) is 0.845. The van der Waals surface area contributed by atoms with Crippen molar-refractivity contribution >= 4 is 11.7 Å². The zero-order valence-electron chi connectivity index (χ0n) is 15.7. The monoisotopic (exact) mass is 371 g/mol. The number of halogens is 1. The van der Waals surface area contributed by atoms with Crippen LogP contribution >= 0.6 is 0 Å². The van der Waals surface area contributed by atoms with E-state index in [1.165, 1.54) is 44.9 Å². The van der Waals surface area contributed by atoms with Crippen LogP contribution < -0.4 is 15.0 Å². The van der Waals surface area contributed by atoms with Gasteiger partial charge in [0.2, 0.25) is 5.91 Å². The molecule has 1 aromatic carbocycles. The molecule has 0 saturated carbocycles. The molecule has 1 aliphatic heterocycles. The third-order valence-electron chi connectivity index (χ3n) is 4.81. The van der Waals surface area contributed by atoms with Gasteiger partial charge in [-0.2, -0.15) is 0 Å². The van der Waals surface area contributed by atoms with Crippen LogP contribution in [-0.2, 0) is 17.8 Å². The van der Waals surface area contributed by atoms with E-state index in [4.69, 9.17) is 4.74 Å². The van der Waals surface area contributed by atoms with Gasteiger partial charge >= 0.3 is 0 Å². The van der Waals surface area contributed by atoms with E-state index in [0.717, 1.165) is 24.5 Å². The van der Waals surface area contributed by atoms with Crippen LogP contribution in [0.1, 0.15) is 36.8 Å². The van der Waals surface area contributed by atoms with E-state index in [1.807, 2.05) is 18.3 Å². The molecule has 1 aliphatic rings. The number of nitrogens with zero attached hydrogens (tertiary/aromatic N) is 2. The van der Waals surface area contributed by atoms with Gasteiger partial charge in [-0.25, -0.2) is 9.37 Å². The molecular weight excluding hydrogens is 345 g/mol. The molecule has 27 heavy (non-hydrogen) atoms. The van der Waals surface area contributed by atoms with Crippen molar-refractivity contribution in [2.45, 2.75) is 38.6 Å². The number of carbonyl (C=O) groups is 1. The minimum absolute atomic E-state index is 0.125. The zero-order valence-corrected chi connectivity index (χ0v) is 15.7. The van der Waals surface area contributed by atoms with Gasteiger partial charge in [-0.3, -0.25) is 4.79 Å². The smallest absolute Gasteiger partial charge is 0.224 e. The number of hydrogen-bond acceptors (Lipinski definition) is 4. The van der Waals surface area contributed by atoms with Gasteiger partial charge in [0.05, 0.1) is 13.5 Å². The van der Waals surface area contributed by atoms with E-state index in [9.17, 15) is 9.18 Å². The Balaban J connectivity index is 1.50. The van der Waals surface area contributed by atoms with Crippen LogP contribution in [0.25, 0.3) is 0 Å². The van der Waals surface area contributed by atoms with Crippen LogP contribution in [-0.4, -0.2) is 31.1 Å². The van der Waals surface area contributed by atoms with Gasteiger partial charge in [0.25, 0.3) is 0 Å². The number of carbonyl (C=O) groups excluding carboxylic acids is 1. The van der Waals surface area contributed by atoms with Crippen LogP contribution in [0.5, 0.6) is 5.75 Å². The Bertz CT molecular complexity index is 757. The average molecular weight is 371 g/mol. The highest BCUT2D eigenvalue weighted by Crippen LogP contribution is 2.19. The van der Waals surface area contributed by atoms with Crippen LogP contribution in [0.2, 0.25) is 0 Å². The van der Waals surface area contributed by atoms with Crippen molar-refractivity contribution in [2.24, 2.45) is 0 Å². The predicted octanol–water partition coefficient (Wildman–Crippen LogP) is 3.47. The maximum atomic E-state index is 13.7. The summed E-state index contributed by atoms with van der Waals surface area (Å²) in [7, 11) is 1.41. The molecule has 144 valence electrons. The van der Waals surface area contributed by atoms with Gasteiger partial charge in [0, 0.05) is 25.8 Å². The van der Waals surface area contributed by atoms with Crippen molar-refractivity contribution in [1.82, 2.24) is 10.3 Å². The minimum Gasteiger partial charge on any atom is -0.494 e. The van der Waals surface area contributed by atoms with Crippen LogP contribution in [0.3, 0.4) is 0 Å². The molecule has 2 heterocycles. The van der Waals surface area contributed by atoms with Gasteiger partial charge in [0.15, 0.2) is 11.6 Å².